The number of rotatable bonds is 4. The van der Waals surface area contributed by atoms with Crippen molar-refractivity contribution in [1.82, 2.24) is 9.88 Å². The fraction of sp³-hybridized carbons (Fsp3) is 0.300. The van der Waals surface area contributed by atoms with Crippen molar-refractivity contribution >= 4 is 23.5 Å². The lowest BCUT2D eigenvalue weighted by molar-refractivity contribution is 0.219. The van der Waals surface area contributed by atoms with Gasteiger partial charge in [-0.15, -0.1) is 12.6 Å². The number of nitrogens with one attached hydrogen (secondary N) is 1. The first kappa shape index (κ1) is 15.8. The second kappa shape index (κ2) is 6.63. The first-order valence-corrected chi connectivity index (χ1v) is 8.90. The number of aromatic nitrogens is 1. The Balaban J connectivity index is 1.57. The van der Waals surface area contributed by atoms with E-state index in [1.807, 2.05) is 12.1 Å². The lowest BCUT2D eigenvalue weighted by atomic mass is 10.0. The molecular formula is C20H22N2OS. The summed E-state index contributed by atoms with van der Waals surface area (Å²) in [7, 11) is 0. The Labute approximate surface area is 147 Å². The maximum absolute atomic E-state index is 9.28. The zero-order valence-electron chi connectivity index (χ0n) is 13.6. The highest BCUT2D eigenvalue weighted by Gasteiger charge is 2.21. The minimum absolute atomic E-state index is 0.302. The van der Waals surface area contributed by atoms with Crippen LogP contribution in [0.15, 0.2) is 53.4 Å². The summed E-state index contributed by atoms with van der Waals surface area (Å²) < 4.78 is 0. The summed E-state index contributed by atoms with van der Waals surface area (Å²) in [4.78, 5) is 6.92. The van der Waals surface area contributed by atoms with E-state index < -0.39 is 0 Å². The van der Waals surface area contributed by atoms with Gasteiger partial charge in [-0.05, 0) is 60.3 Å². The standard InChI is InChI=1S/C20H22N2OS/c23-13-14-6-7-22(11-14)12-18-9-17-8-16(4-5-20(17)21-18)15-2-1-3-19(24)10-15/h1-5,8-10,14,21,23-24H,6-7,11-13H2. The maximum atomic E-state index is 9.28. The minimum Gasteiger partial charge on any atom is -0.396 e. The molecule has 2 heterocycles. The number of fused-ring (bicyclic) bond motifs is 1. The Morgan fingerprint density at radius 3 is 2.79 bits per heavy atom. The van der Waals surface area contributed by atoms with Crippen molar-refractivity contribution < 1.29 is 5.11 Å². The number of benzene rings is 2. The summed E-state index contributed by atoms with van der Waals surface area (Å²) in [6.45, 7) is 3.29. The van der Waals surface area contributed by atoms with Gasteiger partial charge < -0.3 is 10.1 Å². The highest BCUT2D eigenvalue weighted by Crippen LogP contribution is 2.27. The van der Waals surface area contributed by atoms with Crippen LogP contribution in [-0.2, 0) is 6.54 Å². The molecule has 4 rings (SSSR count). The number of aromatic amines is 1. The molecule has 24 heavy (non-hydrogen) atoms. The van der Waals surface area contributed by atoms with Crippen molar-refractivity contribution in [3.8, 4) is 11.1 Å². The summed E-state index contributed by atoms with van der Waals surface area (Å²) in [6, 6.07) is 17.0. The van der Waals surface area contributed by atoms with Gasteiger partial charge in [-0.3, -0.25) is 4.90 Å². The fourth-order valence-corrected chi connectivity index (χ4v) is 3.81. The molecule has 2 N–H and O–H groups in total. The first-order chi connectivity index (χ1) is 11.7. The molecule has 1 aliphatic rings. The van der Waals surface area contributed by atoms with Crippen LogP contribution in [0.4, 0.5) is 0 Å². The molecule has 1 atom stereocenters. The first-order valence-electron chi connectivity index (χ1n) is 8.45. The summed E-state index contributed by atoms with van der Waals surface area (Å²) >= 11 is 4.43. The average molecular weight is 338 g/mol. The Bertz CT molecular complexity index is 858. The molecule has 0 saturated carbocycles. The molecule has 124 valence electrons. The molecule has 1 aromatic heterocycles. The third-order valence-electron chi connectivity index (χ3n) is 4.88. The zero-order chi connectivity index (χ0) is 16.5. The van der Waals surface area contributed by atoms with Crippen LogP contribution in [0.3, 0.4) is 0 Å². The lowest BCUT2D eigenvalue weighted by Gasteiger charge is -2.14. The number of thiol groups is 1. The molecule has 1 unspecified atom stereocenters. The number of hydrogen-bond donors (Lipinski definition) is 3. The monoisotopic (exact) mass is 338 g/mol. The SMILES string of the molecule is OCC1CCN(Cc2cc3cc(-c4cccc(S)c4)ccc3[nH]2)C1. The third kappa shape index (κ3) is 3.22. The van der Waals surface area contributed by atoms with Gasteiger partial charge in [0.1, 0.15) is 0 Å². The van der Waals surface area contributed by atoms with Crippen LogP contribution in [0.2, 0.25) is 0 Å². The van der Waals surface area contributed by atoms with Crippen LogP contribution < -0.4 is 0 Å². The number of likely N-dealkylation sites (tertiary alicyclic amines) is 1. The van der Waals surface area contributed by atoms with Crippen LogP contribution in [0.25, 0.3) is 22.0 Å². The van der Waals surface area contributed by atoms with Crippen molar-refractivity contribution in [2.75, 3.05) is 19.7 Å². The van der Waals surface area contributed by atoms with Crippen LogP contribution >= 0.6 is 12.6 Å². The van der Waals surface area contributed by atoms with Gasteiger partial charge in [0.2, 0.25) is 0 Å². The van der Waals surface area contributed by atoms with Crippen molar-refractivity contribution in [2.45, 2.75) is 17.9 Å². The van der Waals surface area contributed by atoms with Crippen molar-refractivity contribution in [3.63, 3.8) is 0 Å². The van der Waals surface area contributed by atoms with E-state index in [4.69, 9.17) is 0 Å². The van der Waals surface area contributed by atoms with Crippen LogP contribution in [0.1, 0.15) is 12.1 Å². The van der Waals surface area contributed by atoms with E-state index in [-0.39, 0.29) is 0 Å². The van der Waals surface area contributed by atoms with Gasteiger partial charge in [0, 0.05) is 41.2 Å². The average Bonchev–Trinajstić information content (AvgIpc) is 3.20. The lowest BCUT2D eigenvalue weighted by Crippen LogP contribution is -2.21. The number of aliphatic hydroxyl groups is 1. The number of H-pyrrole nitrogens is 1. The van der Waals surface area contributed by atoms with Gasteiger partial charge in [0.25, 0.3) is 0 Å². The Morgan fingerprint density at radius 1 is 1.12 bits per heavy atom. The van der Waals surface area contributed by atoms with E-state index in [1.165, 1.54) is 27.7 Å². The predicted molar refractivity (Wildman–Crippen MR) is 101 cm³/mol. The molecule has 1 fully saturated rings. The molecule has 1 aliphatic heterocycles. The molecule has 0 bridgehead atoms. The topological polar surface area (TPSA) is 39.3 Å². The largest absolute Gasteiger partial charge is 0.396 e. The fourth-order valence-electron chi connectivity index (χ4n) is 3.59. The molecular weight excluding hydrogens is 316 g/mol. The molecule has 3 nitrogen and oxygen atoms in total. The van der Waals surface area contributed by atoms with Gasteiger partial charge in [-0.25, -0.2) is 0 Å². The minimum atomic E-state index is 0.302. The molecule has 2 aromatic carbocycles. The summed E-state index contributed by atoms with van der Waals surface area (Å²) in [5, 5.41) is 10.5. The number of nitrogens with zero attached hydrogens (tertiary/aromatic N) is 1. The molecule has 1 saturated heterocycles. The number of hydrogen-bond acceptors (Lipinski definition) is 3. The smallest absolute Gasteiger partial charge is 0.0471 e. The zero-order valence-corrected chi connectivity index (χ0v) is 14.5. The van der Waals surface area contributed by atoms with E-state index >= 15 is 0 Å². The molecule has 0 spiro atoms. The Kier molecular flexibility index (Phi) is 4.35. The van der Waals surface area contributed by atoms with Crippen LogP contribution in [0.5, 0.6) is 0 Å². The van der Waals surface area contributed by atoms with Gasteiger partial charge in [-0.1, -0.05) is 18.2 Å². The summed E-state index contributed by atoms with van der Waals surface area (Å²) in [6.07, 6.45) is 1.10. The predicted octanol–water partition coefficient (Wildman–Crippen LogP) is 3.94. The van der Waals surface area contributed by atoms with Gasteiger partial charge in [0.05, 0.1) is 0 Å². The molecule has 4 heteroatoms. The van der Waals surface area contributed by atoms with Crippen LogP contribution in [-0.4, -0.2) is 34.7 Å². The van der Waals surface area contributed by atoms with Crippen LogP contribution in [0, 0.1) is 5.92 Å². The summed E-state index contributed by atoms with van der Waals surface area (Å²) in [5.41, 5.74) is 4.82. The van der Waals surface area contributed by atoms with Gasteiger partial charge in [-0.2, -0.15) is 0 Å². The second-order valence-electron chi connectivity index (χ2n) is 6.72. The van der Waals surface area contributed by atoms with Crippen molar-refractivity contribution in [2.24, 2.45) is 5.92 Å². The highest BCUT2D eigenvalue weighted by molar-refractivity contribution is 7.80. The Hall–Kier alpha value is -1.75. The third-order valence-corrected chi connectivity index (χ3v) is 5.16. The van der Waals surface area contributed by atoms with E-state index in [0.717, 1.165) is 31.0 Å². The molecule has 0 radical (unpaired) electrons. The summed E-state index contributed by atoms with van der Waals surface area (Å²) in [5.74, 6) is 0.439. The molecule has 0 amide bonds. The number of aliphatic hydroxyl groups excluding tert-OH is 1. The van der Waals surface area contributed by atoms with E-state index in [0.29, 0.717) is 12.5 Å². The Morgan fingerprint density at radius 2 is 2.00 bits per heavy atom. The van der Waals surface area contributed by atoms with E-state index in [2.05, 4.69) is 58.9 Å². The molecule has 3 aromatic rings. The second-order valence-corrected chi connectivity index (χ2v) is 7.24. The maximum Gasteiger partial charge on any atom is 0.0471 e. The van der Waals surface area contributed by atoms with Crippen molar-refractivity contribution in [1.29, 1.82) is 0 Å². The van der Waals surface area contributed by atoms with E-state index in [1.54, 1.807) is 0 Å². The molecule has 0 aliphatic carbocycles. The quantitative estimate of drug-likeness (QED) is 0.631. The highest BCUT2D eigenvalue weighted by atomic mass is 32.1. The van der Waals surface area contributed by atoms with Gasteiger partial charge in [0.15, 0.2) is 0 Å². The van der Waals surface area contributed by atoms with Crippen molar-refractivity contribution in [3.05, 3.63) is 54.2 Å². The normalized spacial score (nSPS) is 18.5. The van der Waals surface area contributed by atoms with E-state index in [9.17, 15) is 5.11 Å². The van der Waals surface area contributed by atoms with Gasteiger partial charge >= 0.3 is 0 Å².